The maximum absolute atomic E-state index is 13.7. The van der Waals surface area contributed by atoms with Gasteiger partial charge in [-0.3, -0.25) is 9.59 Å². The van der Waals surface area contributed by atoms with E-state index in [-0.39, 0.29) is 11.8 Å². The number of ether oxygens (including phenoxy) is 1. The van der Waals surface area contributed by atoms with Crippen molar-refractivity contribution >= 4 is 40.6 Å². The highest BCUT2D eigenvalue weighted by atomic mass is 35.5. The summed E-state index contributed by atoms with van der Waals surface area (Å²) >= 11 is 6.62. The SMILES string of the molecule is COc1ccccc1NC(=O)C1=C(C)Nc2c(C(=O)Nc3ccc(C)cc3)cnn2[C@H]1c1ccccc1Cl. The standard InChI is InChI=1S/C29H26ClN5O3/c1-17-12-14-19(15-13-17)33-28(36)21-16-31-35-26(20-8-4-5-9-22(20)30)25(18(2)32-27(21)35)29(37)34-23-10-6-7-11-24(23)38-3/h4-16,26,32H,1-3H3,(H,33,36)(H,34,37)/t26-/m0/s1. The van der Waals surface area contributed by atoms with Gasteiger partial charge in [0, 0.05) is 22.0 Å². The molecule has 1 aliphatic heterocycles. The smallest absolute Gasteiger partial charge is 0.261 e. The monoisotopic (exact) mass is 527 g/mol. The van der Waals surface area contributed by atoms with E-state index in [2.05, 4.69) is 21.0 Å². The van der Waals surface area contributed by atoms with Crippen LogP contribution in [-0.4, -0.2) is 28.7 Å². The van der Waals surface area contributed by atoms with E-state index in [0.717, 1.165) is 5.56 Å². The summed E-state index contributed by atoms with van der Waals surface area (Å²) in [5.41, 5.74) is 4.28. The van der Waals surface area contributed by atoms with E-state index in [1.165, 1.54) is 6.20 Å². The first-order valence-corrected chi connectivity index (χ1v) is 12.4. The van der Waals surface area contributed by atoms with Gasteiger partial charge in [0.1, 0.15) is 23.2 Å². The molecule has 1 aliphatic rings. The number of methoxy groups -OCH3 is 1. The van der Waals surface area contributed by atoms with Gasteiger partial charge in [-0.15, -0.1) is 0 Å². The number of amides is 2. The van der Waals surface area contributed by atoms with E-state index in [4.69, 9.17) is 16.3 Å². The fourth-order valence-electron chi connectivity index (χ4n) is 4.47. The zero-order valence-corrected chi connectivity index (χ0v) is 21.8. The molecule has 0 saturated heterocycles. The summed E-state index contributed by atoms with van der Waals surface area (Å²) < 4.78 is 7.02. The molecule has 0 radical (unpaired) electrons. The van der Waals surface area contributed by atoms with Gasteiger partial charge in [-0.1, -0.05) is 59.6 Å². The molecule has 0 bridgehead atoms. The summed E-state index contributed by atoms with van der Waals surface area (Å²) in [5, 5.41) is 14.1. The van der Waals surface area contributed by atoms with Crippen LogP contribution in [0, 0.1) is 6.92 Å². The van der Waals surface area contributed by atoms with Gasteiger partial charge in [0.25, 0.3) is 11.8 Å². The summed E-state index contributed by atoms with van der Waals surface area (Å²) in [6.07, 6.45) is 1.49. The van der Waals surface area contributed by atoms with Crippen LogP contribution in [0.25, 0.3) is 0 Å². The summed E-state index contributed by atoms with van der Waals surface area (Å²) in [4.78, 5) is 27.0. The average molecular weight is 528 g/mol. The summed E-state index contributed by atoms with van der Waals surface area (Å²) in [6.45, 7) is 3.77. The molecule has 1 aromatic heterocycles. The number of rotatable bonds is 6. The van der Waals surface area contributed by atoms with Crippen LogP contribution < -0.4 is 20.7 Å². The molecule has 0 unspecified atom stereocenters. The van der Waals surface area contributed by atoms with E-state index < -0.39 is 6.04 Å². The fraction of sp³-hybridized carbons (Fsp3) is 0.138. The molecule has 0 saturated carbocycles. The normalized spacial score (nSPS) is 14.4. The van der Waals surface area contributed by atoms with Crippen LogP contribution in [0.2, 0.25) is 5.02 Å². The van der Waals surface area contributed by atoms with Crippen LogP contribution in [-0.2, 0) is 4.79 Å². The van der Waals surface area contributed by atoms with Crippen molar-refractivity contribution < 1.29 is 14.3 Å². The molecule has 3 aromatic carbocycles. The van der Waals surface area contributed by atoms with Crippen LogP contribution in [0.4, 0.5) is 17.2 Å². The van der Waals surface area contributed by atoms with Gasteiger partial charge in [-0.25, -0.2) is 4.68 Å². The number of anilines is 3. The maximum Gasteiger partial charge on any atom is 0.261 e. The molecule has 2 amide bonds. The number of allylic oxidation sites excluding steroid dienone is 1. The number of hydrogen-bond donors (Lipinski definition) is 3. The van der Waals surface area contributed by atoms with Gasteiger partial charge < -0.3 is 20.7 Å². The summed E-state index contributed by atoms with van der Waals surface area (Å²) in [6, 6.07) is 21.3. The Bertz CT molecular complexity index is 1560. The number of nitrogens with one attached hydrogen (secondary N) is 3. The molecule has 192 valence electrons. The van der Waals surface area contributed by atoms with Crippen molar-refractivity contribution in [2.45, 2.75) is 19.9 Å². The first-order valence-electron chi connectivity index (χ1n) is 12.0. The molecule has 4 aromatic rings. The van der Waals surface area contributed by atoms with Gasteiger partial charge in [0.05, 0.1) is 24.6 Å². The van der Waals surface area contributed by atoms with Crippen molar-refractivity contribution in [1.82, 2.24) is 9.78 Å². The Morgan fingerprint density at radius 1 is 0.947 bits per heavy atom. The lowest BCUT2D eigenvalue weighted by Crippen LogP contribution is -2.32. The number of nitrogens with zero attached hydrogens (tertiary/aromatic N) is 2. The third kappa shape index (κ3) is 4.73. The minimum atomic E-state index is -0.685. The maximum atomic E-state index is 13.7. The highest BCUT2D eigenvalue weighted by Gasteiger charge is 2.36. The summed E-state index contributed by atoms with van der Waals surface area (Å²) in [7, 11) is 1.55. The van der Waals surface area contributed by atoms with E-state index in [9.17, 15) is 9.59 Å². The van der Waals surface area contributed by atoms with Gasteiger partial charge in [-0.05, 0) is 44.2 Å². The third-order valence-corrected chi connectivity index (χ3v) is 6.72. The second kappa shape index (κ2) is 10.4. The molecule has 1 atom stereocenters. The van der Waals surface area contributed by atoms with Crippen molar-refractivity contribution in [2.75, 3.05) is 23.1 Å². The van der Waals surface area contributed by atoms with Crippen LogP contribution in [0.5, 0.6) is 5.75 Å². The molecule has 0 aliphatic carbocycles. The molecule has 0 spiro atoms. The Hall–Kier alpha value is -4.56. The molecule has 38 heavy (non-hydrogen) atoms. The predicted octanol–water partition coefficient (Wildman–Crippen LogP) is 6.03. The van der Waals surface area contributed by atoms with Crippen LogP contribution in [0.1, 0.15) is 34.5 Å². The van der Waals surface area contributed by atoms with Crippen LogP contribution in [0.3, 0.4) is 0 Å². The van der Waals surface area contributed by atoms with Crippen molar-refractivity contribution in [3.05, 3.63) is 112 Å². The molecule has 8 nitrogen and oxygen atoms in total. The number of carbonyl (C=O) groups excluding carboxylic acids is 2. The van der Waals surface area contributed by atoms with Crippen LogP contribution in [0.15, 0.2) is 90.3 Å². The average Bonchev–Trinajstić information content (AvgIpc) is 3.33. The Morgan fingerprint density at radius 3 is 2.39 bits per heavy atom. The van der Waals surface area contributed by atoms with Gasteiger partial charge in [-0.2, -0.15) is 5.10 Å². The molecule has 3 N–H and O–H groups in total. The Labute approximate surface area is 225 Å². The van der Waals surface area contributed by atoms with E-state index in [0.29, 0.717) is 50.4 Å². The molecule has 2 heterocycles. The van der Waals surface area contributed by atoms with Gasteiger partial charge >= 0.3 is 0 Å². The van der Waals surface area contributed by atoms with E-state index in [1.807, 2.05) is 61.5 Å². The zero-order valence-electron chi connectivity index (χ0n) is 21.1. The number of carbonyl (C=O) groups is 2. The first kappa shape index (κ1) is 25.1. The quantitative estimate of drug-likeness (QED) is 0.284. The Morgan fingerprint density at radius 2 is 1.66 bits per heavy atom. The van der Waals surface area contributed by atoms with Crippen molar-refractivity contribution in [1.29, 1.82) is 0 Å². The third-order valence-electron chi connectivity index (χ3n) is 6.38. The Kier molecular flexibility index (Phi) is 6.89. The van der Waals surface area contributed by atoms with E-state index in [1.54, 1.807) is 36.9 Å². The zero-order chi connectivity index (χ0) is 26.8. The molecular weight excluding hydrogens is 502 g/mol. The number of aryl methyl sites for hydroxylation is 1. The van der Waals surface area contributed by atoms with Crippen LogP contribution >= 0.6 is 11.6 Å². The number of fused-ring (bicyclic) bond motifs is 1. The lowest BCUT2D eigenvalue weighted by atomic mass is 9.94. The fourth-order valence-corrected chi connectivity index (χ4v) is 4.71. The number of hydrogen-bond acceptors (Lipinski definition) is 5. The molecular formula is C29H26ClN5O3. The highest BCUT2D eigenvalue weighted by Crippen LogP contribution is 2.40. The molecule has 9 heteroatoms. The number of halogens is 1. The lowest BCUT2D eigenvalue weighted by molar-refractivity contribution is -0.113. The minimum absolute atomic E-state index is 0.324. The largest absolute Gasteiger partial charge is 0.495 e. The van der Waals surface area contributed by atoms with Gasteiger partial charge in [0.15, 0.2) is 0 Å². The van der Waals surface area contributed by atoms with Crippen molar-refractivity contribution in [3.8, 4) is 5.75 Å². The first-order chi connectivity index (χ1) is 18.4. The number of aromatic nitrogens is 2. The van der Waals surface area contributed by atoms with Crippen molar-refractivity contribution in [2.24, 2.45) is 0 Å². The Balaban J connectivity index is 1.55. The van der Waals surface area contributed by atoms with E-state index >= 15 is 0 Å². The molecule has 0 fully saturated rings. The number of benzene rings is 3. The second-order valence-electron chi connectivity index (χ2n) is 8.91. The van der Waals surface area contributed by atoms with Crippen molar-refractivity contribution in [3.63, 3.8) is 0 Å². The van der Waals surface area contributed by atoms with Gasteiger partial charge in [0.2, 0.25) is 0 Å². The lowest BCUT2D eigenvalue weighted by Gasteiger charge is -2.30. The summed E-state index contributed by atoms with van der Waals surface area (Å²) in [5.74, 6) is 0.323. The minimum Gasteiger partial charge on any atom is -0.495 e. The number of para-hydroxylation sites is 2. The highest BCUT2D eigenvalue weighted by molar-refractivity contribution is 6.31. The second-order valence-corrected chi connectivity index (χ2v) is 9.32. The topological polar surface area (TPSA) is 97.3 Å². The molecule has 5 rings (SSSR count). The predicted molar refractivity (Wildman–Crippen MR) is 149 cm³/mol.